The lowest BCUT2D eigenvalue weighted by Crippen LogP contribution is -2.29. The highest BCUT2D eigenvalue weighted by molar-refractivity contribution is 7.15. The number of ether oxygens (including phenoxy) is 2. The Morgan fingerprint density at radius 3 is 2.27 bits per heavy atom. The van der Waals surface area contributed by atoms with Crippen molar-refractivity contribution >= 4 is 22.9 Å². The second-order valence-electron chi connectivity index (χ2n) is 7.27. The van der Waals surface area contributed by atoms with Gasteiger partial charge in [0.1, 0.15) is 16.7 Å². The van der Waals surface area contributed by atoms with Gasteiger partial charge in [-0.3, -0.25) is 9.59 Å². The largest absolute Gasteiger partial charge is 0.497 e. The molecular weight excluding hydrogens is 350 g/mol. The number of nitrogens with zero attached hydrogens (tertiary/aromatic N) is 1. The predicted octanol–water partition coefficient (Wildman–Crippen LogP) is 3.16. The number of Topliss-reactive ketones (excluding diaryl/α,β-unsaturated/α-hetero) is 2. The molecule has 1 aliphatic carbocycles. The summed E-state index contributed by atoms with van der Waals surface area (Å²) in [6, 6.07) is 7.66. The molecular formula is C20H19NO4S. The molecule has 1 unspecified atom stereocenters. The normalized spacial score (nSPS) is 32.3. The van der Waals surface area contributed by atoms with Crippen LogP contribution in [0.5, 0.6) is 5.75 Å². The minimum Gasteiger partial charge on any atom is -0.497 e. The molecule has 2 aliphatic heterocycles. The first-order chi connectivity index (χ1) is 12.6. The molecule has 1 saturated carbocycles. The minimum absolute atomic E-state index is 0.0156. The van der Waals surface area contributed by atoms with Gasteiger partial charge in [-0.2, -0.15) is 0 Å². The van der Waals surface area contributed by atoms with Gasteiger partial charge < -0.3 is 9.47 Å². The maximum atomic E-state index is 13.0. The van der Waals surface area contributed by atoms with E-state index in [0.717, 1.165) is 34.0 Å². The number of hydrogen-bond acceptors (Lipinski definition) is 6. The number of methoxy groups -OCH3 is 1. The van der Waals surface area contributed by atoms with Gasteiger partial charge in [0, 0.05) is 10.4 Å². The zero-order chi connectivity index (χ0) is 18.0. The number of hydrogen-bond donors (Lipinski definition) is 0. The lowest BCUT2D eigenvalue weighted by molar-refractivity contribution is -0.127. The van der Waals surface area contributed by atoms with Crippen LogP contribution in [0.3, 0.4) is 0 Å². The first-order valence-corrected chi connectivity index (χ1v) is 9.75. The SMILES string of the molecule is COc1ccc(-c2nc(C3C(=O)[C@@H]4[C@H](C3=O)[C@@H]3CC[C@H]4O3)c(C)s2)cc1. The number of aryl methyl sites for hydroxylation is 1. The molecule has 2 aromatic rings. The molecule has 5 rings (SSSR count). The first kappa shape index (κ1) is 16.1. The van der Waals surface area contributed by atoms with Crippen molar-refractivity contribution in [3.8, 4) is 16.3 Å². The van der Waals surface area contributed by atoms with Crippen LogP contribution in [-0.4, -0.2) is 35.9 Å². The van der Waals surface area contributed by atoms with Crippen LogP contribution in [0, 0.1) is 18.8 Å². The first-order valence-electron chi connectivity index (χ1n) is 8.93. The van der Waals surface area contributed by atoms with E-state index < -0.39 is 5.92 Å². The van der Waals surface area contributed by atoms with Gasteiger partial charge in [-0.15, -0.1) is 11.3 Å². The van der Waals surface area contributed by atoms with E-state index in [-0.39, 0.29) is 35.6 Å². The average molecular weight is 369 g/mol. The fourth-order valence-corrected chi connectivity index (χ4v) is 5.68. The lowest BCUT2D eigenvalue weighted by atomic mass is 9.81. The zero-order valence-electron chi connectivity index (χ0n) is 14.6. The molecule has 0 amide bonds. The number of carbonyl (C=O) groups excluding carboxylic acids is 2. The van der Waals surface area contributed by atoms with Crippen LogP contribution in [0.2, 0.25) is 0 Å². The van der Waals surface area contributed by atoms with E-state index in [2.05, 4.69) is 0 Å². The van der Waals surface area contributed by atoms with E-state index in [1.165, 1.54) is 11.3 Å². The van der Waals surface area contributed by atoms with Crippen LogP contribution in [0.1, 0.15) is 29.3 Å². The maximum Gasteiger partial charge on any atom is 0.155 e. The van der Waals surface area contributed by atoms with E-state index in [4.69, 9.17) is 14.5 Å². The summed E-state index contributed by atoms with van der Waals surface area (Å²) in [6.45, 7) is 1.94. The lowest BCUT2D eigenvalue weighted by Gasteiger charge is -2.16. The van der Waals surface area contributed by atoms with Gasteiger partial charge in [-0.1, -0.05) is 0 Å². The minimum atomic E-state index is -0.708. The van der Waals surface area contributed by atoms with Crippen LogP contribution in [0.25, 0.3) is 10.6 Å². The fraction of sp³-hybridized carbons (Fsp3) is 0.450. The summed E-state index contributed by atoms with van der Waals surface area (Å²) in [5.41, 5.74) is 1.61. The van der Waals surface area contributed by atoms with Crippen LogP contribution in [0.4, 0.5) is 0 Å². The Kier molecular flexibility index (Phi) is 3.56. The van der Waals surface area contributed by atoms with Gasteiger partial charge in [0.15, 0.2) is 11.6 Å². The molecule has 1 aromatic heterocycles. The monoisotopic (exact) mass is 369 g/mol. The molecule has 134 valence electrons. The van der Waals surface area contributed by atoms with Gasteiger partial charge in [0.25, 0.3) is 0 Å². The van der Waals surface area contributed by atoms with Crippen molar-refractivity contribution in [2.75, 3.05) is 7.11 Å². The highest BCUT2D eigenvalue weighted by Crippen LogP contribution is 2.52. The summed E-state index contributed by atoms with van der Waals surface area (Å²) in [6.07, 6.45) is 1.66. The Hall–Kier alpha value is -2.05. The number of carbonyl (C=O) groups is 2. The third-order valence-electron chi connectivity index (χ3n) is 5.94. The van der Waals surface area contributed by atoms with E-state index in [1.807, 2.05) is 31.2 Å². The van der Waals surface area contributed by atoms with E-state index in [9.17, 15) is 9.59 Å². The summed E-state index contributed by atoms with van der Waals surface area (Å²) in [5, 5.41) is 0.831. The highest BCUT2D eigenvalue weighted by Gasteiger charge is 2.63. The third kappa shape index (κ3) is 2.15. The van der Waals surface area contributed by atoms with Crippen molar-refractivity contribution in [1.29, 1.82) is 0 Å². The van der Waals surface area contributed by atoms with Crippen LogP contribution < -0.4 is 4.74 Å². The van der Waals surface area contributed by atoms with Gasteiger partial charge in [-0.05, 0) is 44.0 Å². The summed E-state index contributed by atoms with van der Waals surface area (Å²) in [4.78, 5) is 31.7. The molecule has 2 saturated heterocycles. The van der Waals surface area contributed by atoms with E-state index in [1.54, 1.807) is 7.11 Å². The van der Waals surface area contributed by atoms with Crippen LogP contribution in [0.15, 0.2) is 24.3 Å². The topological polar surface area (TPSA) is 65.5 Å². The predicted molar refractivity (Wildman–Crippen MR) is 96.5 cm³/mol. The number of aromatic nitrogens is 1. The number of rotatable bonds is 3. The van der Waals surface area contributed by atoms with Gasteiger partial charge in [0.2, 0.25) is 0 Å². The molecule has 6 heteroatoms. The van der Waals surface area contributed by atoms with Gasteiger partial charge in [-0.25, -0.2) is 4.98 Å². The Labute approximate surface area is 155 Å². The number of fused-ring (bicyclic) bond motifs is 5. The highest BCUT2D eigenvalue weighted by atomic mass is 32.1. The van der Waals surface area contributed by atoms with Crippen LogP contribution in [-0.2, 0) is 14.3 Å². The second-order valence-corrected chi connectivity index (χ2v) is 8.47. The Bertz CT molecular complexity index is 875. The number of thiazole rings is 1. The van der Waals surface area contributed by atoms with E-state index >= 15 is 0 Å². The van der Waals surface area contributed by atoms with Crippen molar-refractivity contribution < 1.29 is 19.1 Å². The Balaban J connectivity index is 1.50. The molecule has 0 spiro atoms. The van der Waals surface area contributed by atoms with Crippen molar-refractivity contribution in [3.63, 3.8) is 0 Å². The summed E-state index contributed by atoms with van der Waals surface area (Å²) in [7, 11) is 1.63. The molecule has 3 fully saturated rings. The van der Waals surface area contributed by atoms with Gasteiger partial charge >= 0.3 is 0 Å². The number of ketones is 2. The van der Waals surface area contributed by atoms with Crippen LogP contribution >= 0.6 is 11.3 Å². The molecule has 3 heterocycles. The van der Waals surface area contributed by atoms with Crippen molar-refractivity contribution in [3.05, 3.63) is 34.8 Å². The van der Waals surface area contributed by atoms with Crippen molar-refractivity contribution in [2.45, 2.75) is 37.9 Å². The third-order valence-corrected chi connectivity index (χ3v) is 6.98. The molecule has 3 aliphatic rings. The molecule has 5 nitrogen and oxygen atoms in total. The standard InChI is InChI=1S/C20H19NO4S/c1-9-17(21-20(26-9)10-3-5-11(24-2)6-4-10)16-18(22)14-12-7-8-13(25-12)15(14)19(16)23/h3-6,12-16H,7-8H2,1-2H3/t12-,13+,14+,15-,16?. The second kappa shape index (κ2) is 5.72. The fourth-order valence-electron chi connectivity index (χ4n) is 4.73. The molecule has 1 aromatic carbocycles. The molecule has 0 N–H and O–H groups in total. The number of benzene rings is 1. The molecule has 26 heavy (non-hydrogen) atoms. The van der Waals surface area contributed by atoms with E-state index in [0.29, 0.717) is 5.69 Å². The molecule has 2 bridgehead atoms. The van der Waals surface area contributed by atoms with Crippen molar-refractivity contribution in [1.82, 2.24) is 4.98 Å². The Morgan fingerprint density at radius 2 is 1.69 bits per heavy atom. The summed E-state index contributed by atoms with van der Waals surface area (Å²) >= 11 is 1.53. The smallest absolute Gasteiger partial charge is 0.155 e. The Morgan fingerprint density at radius 1 is 1.08 bits per heavy atom. The quantitative estimate of drug-likeness (QED) is 0.778. The summed E-state index contributed by atoms with van der Waals surface area (Å²) in [5.74, 6) is -0.399. The molecule has 0 radical (unpaired) electrons. The molecule has 5 atom stereocenters. The van der Waals surface area contributed by atoms with Crippen molar-refractivity contribution in [2.24, 2.45) is 11.8 Å². The summed E-state index contributed by atoms with van der Waals surface area (Å²) < 4.78 is 11.0. The zero-order valence-corrected chi connectivity index (χ0v) is 15.4. The maximum absolute atomic E-state index is 13.0. The van der Waals surface area contributed by atoms with Gasteiger partial charge in [0.05, 0.1) is 36.8 Å². The average Bonchev–Trinajstić information content (AvgIpc) is 3.40.